The van der Waals surface area contributed by atoms with E-state index in [9.17, 15) is 0 Å². The largest absolute Gasteiger partial charge is 0.376 e. The van der Waals surface area contributed by atoms with Crippen LogP contribution in [0.5, 0.6) is 0 Å². The van der Waals surface area contributed by atoms with Crippen LogP contribution >= 0.6 is 15.9 Å². The molecule has 0 radical (unpaired) electrons. The molecule has 0 amide bonds. The van der Waals surface area contributed by atoms with Crippen molar-refractivity contribution in [2.24, 2.45) is 5.92 Å². The van der Waals surface area contributed by atoms with Crippen LogP contribution in [-0.2, 0) is 4.74 Å². The van der Waals surface area contributed by atoms with Gasteiger partial charge in [0.05, 0.1) is 12.7 Å². The molecule has 0 aliphatic carbocycles. The zero-order valence-electron chi connectivity index (χ0n) is 10.0. The van der Waals surface area contributed by atoms with Crippen LogP contribution < -0.4 is 0 Å². The summed E-state index contributed by atoms with van der Waals surface area (Å²) in [6, 6.07) is 0. The molecule has 1 heterocycles. The molecule has 15 heavy (non-hydrogen) atoms. The molecule has 90 valence electrons. The lowest BCUT2D eigenvalue weighted by atomic mass is 10.0. The van der Waals surface area contributed by atoms with E-state index in [0.29, 0.717) is 6.10 Å². The predicted molar refractivity (Wildman–Crippen MR) is 68.7 cm³/mol. The SMILES string of the molecule is CCCC(CBr)CN1CCOC(CC)C1. The smallest absolute Gasteiger partial charge is 0.0700 e. The number of halogens is 1. The van der Waals surface area contributed by atoms with Crippen LogP contribution in [0.2, 0.25) is 0 Å². The van der Waals surface area contributed by atoms with Crippen molar-refractivity contribution >= 4 is 15.9 Å². The number of ether oxygens (including phenoxy) is 1. The highest BCUT2D eigenvalue weighted by atomic mass is 79.9. The standard InChI is InChI=1S/C12H24BrNO/c1-3-5-11(8-13)9-14-6-7-15-12(4-2)10-14/h11-12H,3-10H2,1-2H3. The van der Waals surface area contributed by atoms with Gasteiger partial charge in [-0.1, -0.05) is 36.2 Å². The fourth-order valence-corrected chi connectivity index (χ4v) is 2.71. The minimum Gasteiger partial charge on any atom is -0.376 e. The molecule has 0 bridgehead atoms. The second kappa shape index (κ2) is 7.64. The highest BCUT2D eigenvalue weighted by Crippen LogP contribution is 2.15. The lowest BCUT2D eigenvalue weighted by molar-refractivity contribution is -0.0334. The van der Waals surface area contributed by atoms with Crippen LogP contribution in [0.25, 0.3) is 0 Å². The van der Waals surface area contributed by atoms with Crippen LogP contribution in [-0.4, -0.2) is 42.6 Å². The van der Waals surface area contributed by atoms with E-state index in [1.165, 1.54) is 19.4 Å². The molecule has 1 aliphatic heterocycles. The molecule has 1 saturated heterocycles. The molecule has 0 N–H and O–H groups in total. The van der Waals surface area contributed by atoms with Crippen LogP contribution in [0, 0.1) is 5.92 Å². The van der Waals surface area contributed by atoms with Crippen molar-refractivity contribution in [1.82, 2.24) is 4.90 Å². The van der Waals surface area contributed by atoms with Gasteiger partial charge in [-0.05, 0) is 18.8 Å². The van der Waals surface area contributed by atoms with Crippen molar-refractivity contribution in [2.45, 2.75) is 39.2 Å². The maximum Gasteiger partial charge on any atom is 0.0700 e. The third-order valence-corrected chi connectivity index (χ3v) is 4.03. The first-order valence-corrected chi connectivity index (χ1v) is 7.32. The Balaban J connectivity index is 2.29. The molecule has 1 aliphatic rings. The molecular formula is C12H24BrNO. The molecule has 1 fully saturated rings. The Kier molecular flexibility index (Phi) is 6.86. The van der Waals surface area contributed by atoms with Crippen molar-refractivity contribution < 1.29 is 4.74 Å². The summed E-state index contributed by atoms with van der Waals surface area (Å²) in [7, 11) is 0. The molecule has 0 aromatic carbocycles. The maximum absolute atomic E-state index is 5.68. The molecule has 2 atom stereocenters. The summed E-state index contributed by atoms with van der Waals surface area (Å²) in [5.41, 5.74) is 0. The van der Waals surface area contributed by atoms with Crippen LogP contribution in [0.15, 0.2) is 0 Å². The highest BCUT2D eigenvalue weighted by Gasteiger charge is 2.20. The zero-order chi connectivity index (χ0) is 11.1. The van der Waals surface area contributed by atoms with Crippen molar-refractivity contribution in [3.8, 4) is 0 Å². The fraction of sp³-hybridized carbons (Fsp3) is 1.00. The van der Waals surface area contributed by atoms with Gasteiger partial charge in [0.2, 0.25) is 0 Å². The molecule has 0 aromatic rings. The van der Waals surface area contributed by atoms with Gasteiger partial charge in [0.25, 0.3) is 0 Å². The number of alkyl halides is 1. The lowest BCUT2D eigenvalue weighted by Crippen LogP contribution is -2.44. The van der Waals surface area contributed by atoms with Crippen LogP contribution in [0.3, 0.4) is 0 Å². The molecule has 1 rings (SSSR count). The van der Waals surface area contributed by atoms with Gasteiger partial charge in [0.1, 0.15) is 0 Å². The molecule has 0 saturated carbocycles. The topological polar surface area (TPSA) is 12.5 Å². The Bertz CT molecular complexity index is 166. The first-order chi connectivity index (χ1) is 7.30. The van der Waals surface area contributed by atoms with Crippen molar-refractivity contribution in [1.29, 1.82) is 0 Å². The van der Waals surface area contributed by atoms with E-state index in [1.54, 1.807) is 0 Å². The van der Waals surface area contributed by atoms with E-state index in [-0.39, 0.29) is 0 Å². The van der Waals surface area contributed by atoms with Gasteiger partial charge in [0.15, 0.2) is 0 Å². The quantitative estimate of drug-likeness (QED) is 0.693. The highest BCUT2D eigenvalue weighted by molar-refractivity contribution is 9.09. The van der Waals surface area contributed by atoms with E-state index in [0.717, 1.165) is 37.4 Å². The Hall–Kier alpha value is 0.400. The summed E-state index contributed by atoms with van der Waals surface area (Å²) >= 11 is 3.62. The van der Waals surface area contributed by atoms with Crippen molar-refractivity contribution in [2.75, 3.05) is 31.6 Å². The Morgan fingerprint density at radius 2 is 2.27 bits per heavy atom. The summed E-state index contributed by atoms with van der Waals surface area (Å²) < 4.78 is 5.68. The van der Waals surface area contributed by atoms with E-state index < -0.39 is 0 Å². The molecular weight excluding hydrogens is 254 g/mol. The van der Waals surface area contributed by atoms with Gasteiger partial charge in [-0.25, -0.2) is 0 Å². The Labute approximate surface area is 102 Å². The number of hydrogen-bond acceptors (Lipinski definition) is 2. The van der Waals surface area contributed by atoms with Gasteiger partial charge in [-0.2, -0.15) is 0 Å². The normalized spacial score (nSPS) is 25.4. The van der Waals surface area contributed by atoms with Crippen LogP contribution in [0.4, 0.5) is 0 Å². The summed E-state index contributed by atoms with van der Waals surface area (Å²) in [6.07, 6.45) is 4.23. The summed E-state index contributed by atoms with van der Waals surface area (Å²) in [5.74, 6) is 0.811. The molecule has 2 unspecified atom stereocenters. The van der Waals surface area contributed by atoms with Crippen LogP contribution in [0.1, 0.15) is 33.1 Å². The first-order valence-electron chi connectivity index (χ1n) is 6.20. The predicted octanol–water partition coefficient (Wildman–Crippen LogP) is 2.91. The van der Waals surface area contributed by atoms with E-state index in [1.807, 2.05) is 0 Å². The second-order valence-electron chi connectivity index (χ2n) is 4.47. The minimum absolute atomic E-state index is 0.469. The third kappa shape index (κ3) is 4.83. The van der Waals surface area contributed by atoms with Crippen molar-refractivity contribution in [3.05, 3.63) is 0 Å². The number of hydrogen-bond donors (Lipinski definition) is 0. The Morgan fingerprint density at radius 1 is 1.47 bits per heavy atom. The average Bonchev–Trinajstić information content (AvgIpc) is 2.29. The molecule has 0 spiro atoms. The van der Waals surface area contributed by atoms with Gasteiger partial charge >= 0.3 is 0 Å². The molecule has 0 aromatic heterocycles. The first kappa shape index (κ1) is 13.5. The molecule has 2 nitrogen and oxygen atoms in total. The van der Waals surface area contributed by atoms with Crippen molar-refractivity contribution in [3.63, 3.8) is 0 Å². The zero-order valence-corrected chi connectivity index (χ0v) is 11.6. The van der Waals surface area contributed by atoms with Gasteiger partial charge in [-0.15, -0.1) is 0 Å². The number of nitrogens with zero attached hydrogens (tertiary/aromatic N) is 1. The third-order valence-electron chi connectivity index (χ3n) is 3.11. The lowest BCUT2D eigenvalue weighted by Gasteiger charge is -2.34. The average molecular weight is 278 g/mol. The number of morpholine rings is 1. The van der Waals surface area contributed by atoms with E-state index >= 15 is 0 Å². The summed E-state index contributed by atoms with van der Waals surface area (Å²) in [5, 5.41) is 1.13. The van der Waals surface area contributed by atoms with E-state index in [4.69, 9.17) is 4.74 Å². The Morgan fingerprint density at radius 3 is 2.87 bits per heavy atom. The molecule has 3 heteroatoms. The summed E-state index contributed by atoms with van der Waals surface area (Å²) in [4.78, 5) is 2.57. The van der Waals surface area contributed by atoms with Gasteiger partial charge in [0, 0.05) is 25.0 Å². The fourth-order valence-electron chi connectivity index (χ4n) is 2.18. The van der Waals surface area contributed by atoms with Gasteiger partial charge < -0.3 is 4.74 Å². The second-order valence-corrected chi connectivity index (χ2v) is 5.12. The van der Waals surface area contributed by atoms with Gasteiger partial charge in [-0.3, -0.25) is 4.90 Å². The number of rotatable bonds is 6. The monoisotopic (exact) mass is 277 g/mol. The van der Waals surface area contributed by atoms with E-state index in [2.05, 4.69) is 34.7 Å². The minimum atomic E-state index is 0.469. The maximum atomic E-state index is 5.68. The summed E-state index contributed by atoms with van der Waals surface area (Å²) in [6.45, 7) is 8.87.